The van der Waals surface area contributed by atoms with Gasteiger partial charge in [0.05, 0.1) is 90.3 Å². The van der Waals surface area contributed by atoms with Gasteiger partial charge in [-0.05, 0) is 30.5 Å². The molecule has 1 unspecified atom stereocenters. The largest absolute Gasteiger partial charge is 0.379 e. The van der Waals surface area contributed by atoms with Crippen molar-refractivity contribution in [2.75, 3.05) is 85.8 Å². The third-order valence-corrected chi connectivity index (χ3v) is 6.33. The fourth-order valence-corrected chi connectivity index (χ4v) is 4.27. The summed E-state index contributed by atoms with van der Waals surface area (Å²) in [6, 6.07) is 5.02. The molecule has 0 radical (unpaired) electrons. The number of benzene rings is 1. The lowest BCUT2D eigenvalue weighted by Crippen LogP contribution is -2.44. The van der Waals surface area contributed by atoms with Gasteiger partial charge < -0.3 is 34.2 Å². The van der Waals surface area contributed by atoms with Gasteiger partial charge in [-0.25, -0.2) is 4.79 Å². The predicted octanol–water partition coefficient (Wildman–Crippen LogP) is -0.0815. The molecule has 1 atom stereocenters. The van der Waals surface area contributed by atoms with Crippen molar-refractivity contribution in [2.45, 2.75) is 25.3 Å². The van der Waals surface area contributed by atoms with Gasteiger partial charge in [-0.1, -0.05) is 6.07 Å². The maximum Gasteiger partial charge on any atom is 0.329 e. The number of rotatable bonds is 21. The van der Waals surface area contributed by atoms with Gasteiger partial charge in [0.1, 0.15) is 6.04 Å². The minimum Gasteiger partial charge on any atom is -0.379 e. The van der Waals surface area contributed by atoms with Gasteiger partial charge in [-0.3, -0.25) is 24.0 Å². The highest BCUT2D eigenvalue weighted by atomic mass is 16.6. The van der Waals surface area contributed by atoms with Gasteiger partial charge in [0, 0.05) is 20.0 Å². The summed E-state index contributed by atoms with van der Waals surface area (Å²) in [5, 5.41) is 2.32. The highest BCUT2D eigenvalue weighted by molar-refractivity contribution is 6.00. The number of aryl methyl sites for hydroxylation is 1. The molecule has 2 amide bonds. The lowest BCUT2D eigenvalue weighted by Gasteiger charge is -2.21. The number of nitrogens with zero attached hydrogens (tertiary/aromatic N) is 2. The van der Waals surface area contributed by atoms with Crippen LogP contribution in [0.3, 0.4) is 0 Å². The van der Waals surface area contributed by atoms with Crippen molar-refractivity contribution in [3.63, 3.8) is 0 Å². The maximum atomic E-state index is 12.9. The monoisotopic (exact) mass is 566 g/mol. The van der Waals surface area contributed by atoms with Gasteiger partial charge in [0.2, 0.25) is 11.8 Å². The lowest BCUT2D eigenvalue weighted by atomic mass is 10.1. The second-order valence-electron chi connectivity index (χ2n) is 9.21. The van der Waals surface area contributed by atoms with Gasteiger partial charge in [-0.2, -0.15) is 0 Å². The summed E-state index contributed by atoms with van der Waals surface area (Å²) in [7, 11) is 1.68. The van der Waals surface area contributed by atoms with Crippen LogP contribution in [0.1, 0.15) is 24.4 Å². The Balaban J connectivity index is 1.22. The standard InChI is InChI=1S/C27H42N4O9/c1-30-24-20-21(2-3-22(24)31(27(30)34)23-4-5-25(32)29-26(23)33)6-8-35-10-12-37-14-16-39-18-19-40-17-15-38-13-11-36-9-7-28/h2-3,20,23H,4-19,28H2,1H3,(H,29,32,33). The van der Waals surface area contributed by atoms with Crippen LogP contribution >= 0.6 is 0 Å². The SMILES string of the molecule is Cn1c(=O)n(C2CCC(=O)NC2=O)c2ccc(CCOCCOCCOCCOCCOCCOCCN)cc21. The van der Waals surface area contributed by atoms with E-state index in [-0.39, 0.29) is 18.0 Å². The molecule has 13 heteroatoms. The van der Waals surface area contributed by atoms with Crippen molar-refractivity contribution in [3.8, 4) is 0 Å². The Bertz CT molecular complexity index is 1120. The number of fused-ring (bicyclic) bond motifs is 1. The molecule has 1 aliphatic rings. The van der Waals surface area contributed by atoms with Gasteiger partial charge >= 0.3 is 5.69 Å². The number of hydrogen-bond donors (Lipinski definition) is 2. The first kappa shape index (κ1) is 31.9. The molecule has 0 spiro atoms. The van der Waals surface area contributed by atoms with Crippen molar-refractivity contribution in [3.05, 3.63) is 34.2 Å². The van der Waals surface area contributed by atoms with Crippen LogP contribution in [0.15, 0.2) is 23.0 Å². The molecule has 1 saturated heterocycles. The normalized spacial score (nSPS) is 15.7. The number of nitrogens with one attached hydrogen (secondary N) is 1. The Morgan fingerprint density at radius 3 is 1.82 bits per heavy atom. The number of carbonyl (C=O) groups excluding carboxylic acids is 2. The molecule has 3 N–H and O–H groups in total. The van der Waals surface area contributed by atoms with E-state index in [1.807, 2.05) is 18.2 Å². The number of amides is 2. The van der Waals surface area contributed by atoms with Crippen LogP contribution in [0.25, 0.3) is 11.0 Å². The number of ether oxygens (including phenoxy) is 6. The fourth-order valence-electron chi connectivity index (χ4n) is 4.27. The van der Waals surface area contributed by atoms with E-state index < -0.39 is 11.9 Å². The van der Waals surface area contributed by atoms with Crippen LogP contribution in [0.2, 0.25) is 0 Å². The highest BCUT2D eigenvalue weighted by Gasteiger charge is 2.31. The molecule has 0 bridgehead atoms. The van der Waals surface area contributed by atoms with E-state index in [0.717, 1.165) is 11.1 Å². The summed E-state index contributed by atoms with van der Waals surface area (Å²) < 4.78 is 35.7. The summed E-state index contributed by atoms with van der Waals surface area (Å²) in [5.41, 5.74) is 7.47. The van der Waals surface area contributed by atoms with Gasteiger partial charge in [-0.15, -0.1) is 0 Å². The van der Waals surface area contributed by atoms with Crippen LogP contribution in [0.4, 0.5) is 0 Å². The Morgan fingerprint density at radius 2 is 1.30 bits per heavy atom. The minimum atomic E-state index is -0.690. The molecule has 40 heavy (non-hydrogen) atoms. The number of aromatic nitrogens is 2. The third kappa shape index (κ3) is 10.1. The molecule has 1 aliphatic heterocycles. The molecule has 0 saturated carbocycles. The van der Waals surface area contributed by atoms with Crippen LogP contribution in [0.5, 0.6) is 0 Å². The zero-order chi connectivity index (χ0) is 28.6. The Morgan fingerprint density at radius 1 is 0.775 bits per heavy atom. The van der Waals surface area contributed by atoms with E-state index >= 15 is 0 Å². The van der Waals surface area contributed by atoms with Gasteiger partial charge in [0.15, 0.2) is 0 Å². The van der Waals surface area contributed by atoms with Gasteiger partial charge in [0.25, 0.3) is 0 Å². The molecule has 3 rings (SSSR count). The minimum absolute atomic E-state index is 0.213. The number of hydrogen-bond acceptors (Lipinski definition) is 10. The van der Waals surface area contributed by atoms with E-state index in [2.05, 4.69) is 5.32 Å². The number of piperidine rings is 1. The first-order chi connectivity index (χ1) is 19.5. The highest BCUT2D eigenvalue weighted by Crippen LogP contribution is 2.23. The van der Waals surface area contributed by atoms with Crippen molar-refractivity contribution in [2.24, 2.45) is 12.8 Å². The molecular weight excluding hydrogens is 524 g/mol. The Hall–Kier alpha value is -2.65. The zero-order valence-corrected chi connectivity index (χ0v) is 23.3. The third-order valence-electron chi connectivity index (χ3n) is 6.33. The maximum absolute atomic E-state index is 12.9. The van der Waals surface area contributed by atoms with Crippen molar-refractivity contribution >= 4 is 22.8 Å². The molecule has 224 valence electrons. The summed E-state index contributed by atoms with van der Waals surface area (Å²) in [6.07, 6.45) is 1.19. The summed E-state index contributed by atoms with van der Waals surface area (Å²) in [6.45, 7) is 6.54. The lowest BCUT2D eigenvalue weighted by molar-refractivity contribution is -0.135. The van der Waals surface area contributed by atoms with Crippen LogP contribution in [-0.4, -0.2) is 107 Å². The second kappa shape index (κ2) is 17.9. The predicted molar refractivity (Wildman–Crippen MR) is 146 cm³/mol. The van der Waals surface area contributed by atoms with Crippen LogP contribution in [-0.2, 0) is 51.5 Å². The average Bonchev–Trinajstić information content (AvgIpc) is 3.19. The van der Waals surface area contributed by atoms with Crippen molar-refractivity contribution in [1.82, 2.24) is 14.5 Å². The van der Waals surface area contributed by atoms with E-state index in [1.165, 1.54) is 9.13 Å². The molecule has 13 nitrogen and oxygen atoms in total. The topological polar surface area (TPSA) is 155 Å². The van der Waals surface area contributed by atoms with Crippen molar-refractivity contribution in [1.29, 1.82) is 0 Å². The van der Waals surface area contributed by atoms with E-state index in [9.17, 15) is 14.4 Å². The molecule has 0 aliphatic carbocycles. The van der Waals surface area contributed by atoms with Crippen LogP contribution < -0.4 is 16.7 Å². The number of carbonyl (C=O) groups is 2. The quantitative estimate of drug-likeness (QED) is 0.155. The van der Waals surface area contributed by atoms with Crippen molar-refractivity contribution < 1.29 is 38.0 Å². The molecule has 2 aromatic rings. The Labute approximate surface area is 233 Å². The summed E-state index contributed by atoms with van der Waals surface area (Å²) in [5.74, 6) is -0.749. The van der Waals surface area contributed by atoms with E-state index in [1.54, 1.807) is 7.05 Å². The molecule has 2 heterocycles. The zero-order valence-electron chi connectivity index (χ0n) is 23.3. The number of imide groups is 1. The molecule has 1 aromatic carbocycles. The summed E-state index contributed by atoms with van der Waals surface area (Å²) in [4.78, 5) is 36.7. The molecular formula is C27H42N4O9. The van der Waals surface area contributed by atoms with Crippen LogP contribution in [0, 0.1) is 0 Å². The Kier molecular flexibility index (Phi) is 14.3. The van der Waals surface area contributed by atoms with E-state index in [4.69, 9.17) is 34.2 Å². The fraction of sp³-hybridized carbons (Fsp3) is 0.667. The first-order valence-electron chi connectivity index (χ1n) is 13.7. The first-order valence-corrected chi connectivity index (χ1v) is 13.7. The smallest absolute Gasteiger partial charge is 0.329 e. The summed E-state index contributed by atoms with van der Waals surface area (Å²) >= 11 is 0. The molecule has 1 fully saturated rings. The van der Waals surface area contributed by atoms with E-state index in [0.29, 0.717) is 104 Å². The number of nitrogens with two attached hydrogens (primary N) is 1. The molecule has 1 aromatic heterocycles. The average molecular weight is 567 g/mol. The second-order valence-corrected chi connectivity index (χ2v) is 9.21. The number of imidazole rings is 1.